The molecule has 0 saturated heterocycles. The predicted molar refractivity (Wildman–Crippen MR) is 269 cm³/mol. The molecule has 0 aliphatic heterocycles. The zero-order chi connectivity index (χ0) is 43.1. The molecule has 3 nitrogen and oxygen atoms in total. The third-order valence-corrected chi connectivity index (χ3v) is 17.3. The smallest absolute Gasteiger partial charge is 0.164 e. The van der Waals surface area contributed by atoms with E-state index in [1.807, 2.05) is 36.4 Å². The minimum Gasteiger partial charge on any atom is -0.208 e. The van der Waals surface area contributed by atoms with Gasteiger partial charge in [0.2, 0.25) is 0 Å². The predicted octanol–water partition coefficient (Wildman–Crippen LogP) is 13.6. The van der Waals surface area contributed by atoms with Gasteiger partial charge in [0.1, 0.15) is 0 Å². The fourth-order valence-corrected chi connectivity index (χ4v) is 12.3. The first kappa shape index (κ1) is 39.1. The topological polar surface area (TPSA) is 38.7 Å². The monoisotopic (exact) mass is 843 g/mol. The maximum atomic E-state index is 5.04. The van der Waals surface area contributed by atoms with Gasteiger partial charge in [0.25, 0.3) is 0 Å². The zero-order valence-electron chi connectivity index (χ0n) is 36.7. The second kappa shape index (κ2) is 14.7. The minimum atomic E-state index is -1.64. The Morgan fingerprint density at radius 1 is 0.286 bits per heavy atom. The number of rotatable bonds is 7. The molecule has 9 aromatic rings. The van der Waals surface area contributed by atoms with Crippen LogP contribution in [0.2, 0.25) is 39.3 Å². The van der Waals surface area contributed by atoms with E-state index < -0.39 is 21.6 Å². The Bertz CT molecular complexity index is 3130. The first-order valence-corrected chi connectivity index (χ1v) is 29.1. The molecule has 304 valence electrons. The maximum absolute atomic E-state index is 5.04. The Labute approximate surface area is 373 Å². The molecule has 63 heavy (non-hydrogen) atoms. The molecule has 1 heterocycles. The van der Waals surface area contributed by atoms with E-state index in [2.05, 4.69) is 191 Å². The molecule has 8 aromatic carbocycles. The van der Waals surface area contributed by atoms with Gasteiger partial charge in [-0.15, -0.1) is 0 Å². The van der Waals surface area contributed by atoms with E-state index in [0.29, 0.717) is 17.5 Å². The highest BCUT2D eigenvalue weighted by molar-refractivity contribution is 6.89. The molecule has 0 atom stereocenters. The average molecular weight is 844 g/mol. The quantitative estimate of drug-likeness (QED) is 0.150. The number of benzene rings is 8. The molecule has 0 amide bonds. The average Bonchev–Trinajstić information content (AvgIpc) is 3.78. The molecule has 0 radical (unpaired) electrons. The van der Waals surface area contributed by atoms with E-state index in [1.165, 1.54) is 66.0 Å². The molecule has 11 rings (SSSR count). The van der Waals surface area contributed by atoms with Gasteiger partial charge >= 0.3 is 0 Å². The highest BCUT2D eigenvalue weighted by Gasteiger charge is 2.52. The first-order chi connectivity index (χ1) is 30.5. The molecule has 1 aromatic heterocycles. The van der Waals surface area contributed by atoms with Crippen molar-refractivity contribution < 1.29 is 0 Å². The first-order valence-electron chi connectivity index (χ1n) is 22.1. The molecule has 0 bridgehead atoms. The van der Waals surface area contributed by atoms with Crippen LogP contribution in [0.5, 0.6) is 0 Å². The fraction of sp³-hybridized carbons (Fsp3) is 0.121. The number of nitrogens with zero attached hydrogens (tertiary/aromatic N) is 3. The van der Waals surface area contributed by atoms with Crippen LogP contribution in [-0.4, -0.2) is 31.1 Å². The molecule has 0 saturated carbocycles. The lowest BCUT2D eigenvalue weighted by Crippen LogP contribution is -2.40. The highest BCUT2D eigenvalue weighted by Crippen LogP contribution is 2.63. The van der Waals surface area contributed by atoms with Crippen LogP contribution in [0.4, 0.5) is 0 Å². The van der Waals surface area contributed by atoms with Gasteiger partial charge in [0.05, 0.1) is 21.6 Å². The van der Waals surface area contributed by atoms with Gasteiger partial charge in [0.15, 0.2) is 17.5 Å². The van der Waals surface area contributed by atoms with Crippen LogP contribution in [0.15, 0.2) is 188 Å². The Hall–Kier alpha value is -6.80. The summed E-state index contributed by atoms with van der Waals surface area (Å²) in [5.74, 6) is 1.96. The SMILES string of the molecule is C[Si](C)(C)c1ccc2c(c1)C1(c3ccccc3-c3ccc(-c4cccc(-c5cccc(-c6nc(-c7ccccc7)nc(-c7ccccc7)n6)c5)c4)cc31)c1cc([Si](C)(C)C)ccc1-2. The fourth-order valence-electron chi connectivity index (χ4n) is 9.95. The Morgan fingerprint density at radius 2 is 0.651 bits per heavy atom. The van der Waals surface area contributed by atoms with Crippen molar-refractivity contribution in [1.82, 2.24) is 15.0 Å². The largest absolute Gasteiger partial charge is 0.208 e. The molecule has 1 spiro atoms. The lowest BCUT2D eigenvalue weighted by Gasteiger charge is -2.32. The molecule has 0 N–H and O–H groups in total. The lowest BCUT2D eigenvalue weighted by molar-refractivity contribution is 0.795. The van der Waals surface area contributed by atoms with Crippen molar-refractivity contribution in [2.75, 3.05) is 0 Å². The van der Waals surface area contributed by atoms with E-state index in [-0.39, 0.29) is 0 Å². The van der Waals surface area contributed by atoms with Gasteiger partial charge in [0, 0.05) is 16.7 Å². The van der Waals surface area contributed by atoms with Crippen molar-refractivity contribution in [3.8, 4) is 78.7 Å². The number of fused-ring (bicyclic) bond motifs is 10. The van der Waals surface area contributed by atoms with Crippen LogP contribution in [0.25, 0.3) is 78.7 Å². The third kappa shape index (κ3) is 6.49. The maximum Gasteiger partial charge on any atom is 0.164 e. The second-order valence-corrected chi connectivity index (χ2v) is 29.4. The van der Waals surface area contributed by atoms with Crippen LogP contribution in [-0.2, 0) is 5.41 Å². The molecular formula is C58H49N3Si2. The Morgan fingerprint density at radius 3 is 1.16 bits per heavy atom. The van der Waals surface area contributed by atoms with Crippen molar-refractivity contribution in [2.24, 2.45) is 0 Å². The third-order valence-electron chi connectivity index (χ3n) is 13.3. The van der Waals surface area contributed by atoms with Gasteiger partial charge in [-0.2, -0.15) is 0 Å². The molecular weight excluding hydrogens is 795 g/mol. The van der Waals surface area contributed by atoms with Crippen LogP contribution in [0.3, 0.4) is 0 Å². The van der Waals surface area contributed by atoms with E-state index in [0.717, 1.165) is 27.8 Å². The summed E-state index contributed by atoms with van der Waals surface area (Å²) >= 11 is 0. The molecule has 0 fully saturated rings. The highest BCUT2D eigenvalue weighted by atomic mass is 28.3. The van der Waals surface area contributed by atoms with Crippen molar-refractivity contribution in [1.29, 1.82) is 0 Å². The molecule has 2 aliphatic carbocycles. The van der Waals surface area contributed by atoms with Gasteiger partial charge in [-0.05, 0) is 85.0 Å². The van der Waals surface area contributed by atoms with Crippen LogP contribution >= 0.6 is 0 Å². The summed E-state index contributed by atoms with van der Waals surface area (Å²) in [7, 11) is -3.28. The summed E-state index contributed by atoms with van der Waals surface area (Å²) in [6, 6.07) is 69.3. The lowest BCUT2D eigenvalue weighted by atomic mass is 9.70. The van der Waals surface area contributed by atoms with Gasteiger partial charge < -0.3 is 0 Å². The number of hydrogen-bond donors (Lipinski definition) is 0. The van der Waals surface area contributed by atoms with Crippen LogP contribution < -0.4 is 10.4 Å². The summed E-state index contributed by atoms with van der Waals surface area (Å²) in [4.78, 5) is 15.0. The van der Waals surface area contributed by atoms with Crippen molar-refractivity contribution in [2.45, 2.75) is 44.7 Å². The Kier molecular flexibility index (Phi) is 9.09. The van der Waals surface area contributed by atoms with Gasteiger partial charge in [-0.3, -0.25) is 0 Å². The standard InChI is InChI=1S/C58H49N3Si2/c1-62(2,3)45-28-31-49-50-32-29-46(63(4,5)6)37-54(50)58(53(49)36-45)51-26-14-13-25-47(51)48-30-27-43(35-52(48)58)41-22-15-21-40(33-41)42-23-16-24-44(34-42)57-60-55(38-17-9-7-10-18-38)59-56(61-57)39-19-11-8-12-20-39/h7-37H,1-6H3. The Balaban J connectivity index is 1.05. The van der Waals surface area contributed by atoms with E-state index in [1.54, 1.807) is 0 Å². The molecule has 5 heteroatoms. The zero-order valence-corrected chi connectivity index (χ0v) is 38.7. The van der Waals surface area contributed by atoms with Crippen molar-refractivity contribution >= 4 is 26.5 Å². The van der Waals surface area contributed by atoms with E-state index >= 15 is 0 Å². The summed E-state index contributed by atoms with van der Waals surface area (Å²) in [6.45, 7) is 14.8. The van der Waals surface area contributed by atoms with Crippen molar-refractivity contribution in [3.63, 3.8) is 0 Å². The van der Waals surface area contributed by atoms with E-state index in [4.69, 9.17) is 15.0 Å². The summed E-state index contributed by atoms with van der Waals surface area (Å²) in [6.07, 6.45) is 0. The van der Waals surface area contributed by atoms with Gasteiger partial charge in [-0.25, -0.2) is 15.0 Å². The summed E-state index contributed by atoms with van der Waals surface area (Å²) < 4.78 is 0. The molecule has 0 unspecified atom stereocenters. The number of hydrogen-bond acceptors (Lipinski definition) is 3. The minimum absolute atomic E-state index is 0.411. The summed E-state index contributed by atoms with van der Waals surface area (Å²) in [5, 5.41) is 3.00. The van der Waals surface area contributed by atoms with Crippen LogP contribution in [0, 0.1) is 0 Å². The summed E-state index contributed by atoms with van der Waals surface area (Å²) in [5.41, 5.74) is 18.2. The number of aromatic nitrogens is 3. The van der Waals surface area contributed by atoms with Crippen molar-refractivity contribution in [3.05, 3.63) is 210 Å². The van der Waals surface area contributed by atoms with Crippen LogP contribution in [0.1, 0.15) is 22.3 Å². The normalized spacial score (nSPS) is 13.4. The van der Waals surface area contributed by atoms with Gasteiger partial charge in [-0.1, -0.05) is 220 Å². The second-order valence-electron chi connectivity index (χ2n) is 19.3. The molecule has 2 aliphatic rings. The van der Waals surface area contributed by atoms with E-state index in [9.17, 15) is 0 Å².